The molecule has 0 fully saturated rings. The molecule has 0 aliphatic heterocycles. The zero-order valence-electron chi connectivity index (χ0n) is 11.2. The summed E-state index contributed by atoms with van der Waals surface area (Å²) in [6.07, 6.45) is 0. The number of rotatable bonds is 0. The summed E-state index contributed by atoms with van der Waals surface area (Å²) in [5.41, 5.74) is 0. The van der Waals surface area contributed by atoms with Gasteiger partial charge in [0.2, 0.25) is 0 Å². The zero-order valence-corrected chi connectivity index (χ0v) is 13.8. The van der Waals surface area contributed by atoms with Crippen molar-refractivity contribution in [1.82, 2.24) is 0 Å². The maximum absolute atomic E-state index is 9.00. The molecule has 124 valence electrons. The van der Waals surface area contributed by atoms with Crippen molar-refractivity contribution in [3.63, 3.8) is 0 Å². The van der Waals surface area contributed by atoms with Crippen LogP contribution in [0.4, 0.5) is 0 Å². The summed E-state index contributed by atoms with van der Waals surface area (Å²) < 4.78 is 0. The SMILES string of the molecule is CC(=O)O.CC(=O)O.CC(=O)O.CC(=O)O.O.O.[Cr].[Cr]. The summed E-state index contributed by atoms with van der Waals surface area (Å²) in [7, 11) is 0. The van der Waals surface area contributed by atoms with E-state index in [9.17, 15) is 0 Å². The van der Waals surface area contributed by atoms with Crippen LogP contribution < -0.4 is 0 Å². The fourth-order valence-corrected chi connectivity index (χ4v) is 0. The molecule has 0 aromatic carbocycles. The number of aliphatic carboxylic acids is 4. The Bertz CT molecular complexity index is 167. The molecule has 0 aromatic rings. The van der Waals surface area contributed by atoms with Gasteiger partial charge in [-0.25, -0.2) is 0 Å². The van der Waals surface area contributed by atoms with E-state index in [-0.39, 0.29) is 45.7 Å². The second kappa shape index (κ2) is 43.0. The van der Waals surface area contributed by atoms with E-state index in [1.54, 1.807) is 0 Å². The van der Waals surface area contributed by atoms with Crippen molar-refractivity contribution >= 4 is 23.9 Å². The number of carboxylic acids is 4. The fourth-order valence-electron chi connectivity index (χ4n) is 0. The molecule has 0 atom stereocenters. The molecule has 20 heavy (non-hydrogen) atoms. The van der Waals surface area contributed by atoms with Crippen LogP contribution in [0.5, 0.6) is 0 Å². The van der Waals surface area contributed by atoms with Gasteiger partial charge in [0.05, 0.1) is 0 Å². The van der Waals surface area contributed by atoms with Gasteiger partial charge in [0.1, 0.15) is 0 Å². The Hall–Kier alpha value is -1.14. The molecule has 10 nitrogen and oxygen atoms in total. The molecule has 12 heteroatoms. The van der Waals surface area contributed by atoms with Gasteiger partial charge in [0.15, 0.2) is 0 Å². The van der Waals surface area contributed by atoms with E-state index in [2.05, 4.69) is 0 Å². The predicted octanol–water partition coefficient (Wildman–Crippen LogP) is -1.29. The Morgan fingerprint density at radius 3 is 0.500 bits per heavy atom. The predicted molar refractivity (Wildman–Crippen MR) is 60.5 cm³/mol. The normalized spacial score (nSPS) is 5.00. The summed E-state index contributed by atoms with van der Waals surface area (Å²) in [6, 6.07) is 0. The van der Waals surface area contributed by atoms with Crippen molar-refractivity contribution < 1.29 is 85.3 Å². The molecule has 0 unspecified atom stereocenters. The van der Waals surface area contributed by atoms with Crippen molar-refractivity contribution in [3.8, 4) is 0 Å². The number of carbonyl (C=O) groups is 4. The number of hydrogen-bond donors (Lipinski definition) is 4. The molecule has 0 heterocycles. The largest absolute Gasteiger partial charge is 0.481 e. The van der Waals surface area contributed by atoms with E-state index >= 15 is 0 Å². The van der Waals surface area contributed by atoms with Gasteiger partial charge in [0, 0.05) is 62.4 Å². The number of carboxylic acid groups (broad SMARTS) is 4. The van der Waals surface area contributed by atoms with E-state index in [1.165, 1.54) is 0 Å². The average molecular weight is 380 g/mol. The van der Waals surface area contributed by atoms with Crippen LogP contribution in [0.25, 0.3) is 0 Å². The molecule has 0 aliphatic rings. The van der Waals surface area contributed by atoms with Gasteiger partial charge in [-0.15, -0.1) is 0 Å². The molecule has 0 saturated heterocycles. The number of hydrogen-bond acceptors (Lipinski definition) is 4. The first-order valence-electron chi connectivity index (χ1n) is 3.71. The van der Waals surface area contributed by atoms with Crippen LogP contribution in [0.1, 0.15) is 27.7 Å². The van der Waals surface area contributed by atoms with Crippen LogP contribution in [0, 0.1) is 0 Å². The summed E-state index contributed by atoms with van der Waals surface area (Å²) in [5, 5.41) is 29.7. The third-order valence-corrected chi connectivity index (χ3v) is 0. The Labute approximate surface area is 137 Å². The molecule has 0 spiro atoms. The Morgan fingerprint density at radius 1 is 0.500 bits per heavy atom. The van der Waals surface area contributed by atoms with Crippen molar-refractivity contribution in [1.29, 1.82) is 0 Å². The van der Waals surface area contributed by atoms with Gasteiger partial charge in [-0.3, -0.25) is 19.2 Å². The van der Waals surface area contributed by atoms with Gasteiger partial charge in [-0.2, -0.15) is 0 Å². The minimum atomic E-state index is -0.833. The van der Waals surface area contributed by atoms with Crippen molar-refractivity contribution in [2.45, 2.75) is 27.7 Å². The second-order valence-corrected chi connectivity index (χ2v) is 2.08. The van der Waals surface area contributed by atoms with Crippen LogP contribution in [0.3, 0.4) is 0 Å². The van der Waals surface area contributed by atoms with Crippen LogP contribution >= 0.6 is 0 Å². The molecular formula is C8H20Cr2O10. The van der Waals surface area contributed by atoms with E-state index in [1.807, 2.05) is 0 Å². The van der Waals surface area contributed by atoms with Crippen LogP contribution in [0.2, 0.25) is 0 Å². The van der Waals surface area contributed by atoms with E-state index in [0.717, 1.165) is 27.7 Å². The average Bonchev–Trinajstić information content (AvgIpc) is 1.76. The molecule has 8 N–H and O–H groups in total. The Morgan fingerprint density at radius 2 is 0.500 bits per heavy atom. The first kappa shape index (κ1) is 51.0. The molecule has 0 aromatic heterocycles. The monoisotopic (exact) mass is 380 g/mol. The van der Waals surface area contributed by atoms with E-state index < -0.39 is 23.9 Å². The molecule has 0 bridgehead atoms. The van der Waals surface area contributed by atoms with Crippen LogP contribution in [0.15, 0.2) is 0 Å². The second-order valence-electron chi connectivity index (χ2n) is 2.08. The van der Waals surface area contributed by atoms with Crippen molar-refractivity contribution in [2.24, 2.45) is 0 Å². The van der Waals surface area contributed by atoms with E-state index in [4.69, 9.17) is 39.6 Å². The van der Waals surface area contributed by atoms with E-state index in [0.29, 0.717) is 0 Å². The van der Waals surface area contributed by atoms with Gasteiger partial charge in [-0.1, -0.05) is 0 Å². The summed E-state index contributed by atoms with van der Waals surface area (Å²) in [6.45, 7) is 4.33. The summed E-state index contributed by atoms with van der Waals surface area (Å²) >= 11 is 0. The first-order chi connectivity index (χ1) is 6.93. The van der Waals surface area contributed by atoms with Gasteiger partial charge in [-0.05, 0) is 0 Å². The van der Waals surface area contributed by atoms with Crippen molar-refractivity contribution in [2.75, 3.05) is 0 Å². The molecule has 0 rings (SSSR count). The van der Waals surface area contributed by atoms with Gasteiger partial charge < -0.3 is 31.4 Å². The quantitative estimate of drug-likeness (QED) is 0.396. The first-order valence-corrected chi connectivity index (χ1v) is 3.71. The minimum absolute atomic E-state index is 0. The zero-order chi connectivity index (χ0) is 14.3. The van der Waals surface area contributed by atoms with Crippen LogP contribution in [-0.2, 0) is 53.9 Å². The maximum Gasteiger partial charge on any atom is 0.300 e. The van der Waals surface area contributed by atoms with Crippen molar-refractivity contribution in [3.05, 3.63) is 0 Å². The summed E-state index contributed by atoms with van der Waals surface area (Å²) in [5.74, 6) is -3.33. The topological polar surface area (TPSA) is 212 Å². The fraction of sp³-hybridized carbons (Fsp3) is 0.500. The van der Waals surface area contributed by atoms with Crippen LogP contribution in [-0.4, -0.2) is 55.3 Å². The molecule has 0 radical (unpaired) electrons. The smallest absolute Gasteiger partial charge is 0.300 e. The molecular weight excluding hydrogens is 360 g/mol. The van der Waals surface area contributed by atoms with Gasteiger partial charge in [0.25, 0.3) is 23.9 Å². The molecule has 0 aliphatic carbocycles. The van der Waals surface area contributed by atoms with Gasteiger partial charge >= 0.3 is 0 Å². The Balaban J connectivity index is -0.0000000150. The minimum Gasteiger partial charge on any atom is -0.481 e. The molecule has 0 amide bonds. The molecule has 0 saturated carbocycles. The third-order valence-electron chi connectivity index (χ3n) is 0. The third kappa shape index (κ3) is 3290. The maximum atomic E-state index is 9.00. The Kier molecular flexibility index (Phi) is 110. The summed E-state index contributed by atoms with van der Waals surface area (Å²) in [4.78, 5) is 36.0. The standard InChI is InChI=1S/4C2H4O2.2Cr.2H2O/c4*1-2(3)4;;;;/h4*1H3,(H,3,4);;;2*1H2.